The molecule has 0 aliphatic carbocycles. The molecule has 0 spiro atoms. The minimum Gasteiger partial charge on any atom is -0.490 e. The lowest BCUT2D eigenvalue weighted by Crippen LogP contribution is -2.50. The van der Waals surface area contributed by atoms with Gasteiger partial charge >= 0.3 is 0 Å². The summed E-state index contributed by atoms with van der Waals surface area (Å²) < 4.78 is 6.24. The highest BCUT2D eigenvalue weighted by Crippen LogP contribution is 2.27. The summed E-state index contributed by atoms with van der Waals surface area (Å²) in [5, 5.41) is 1.40. The third-order valence-electron chi connectivity index (χ3n) is 6.27. The van der Waals surface area contributed by atoms with Crippen molar-refractivity contribution in [3.63, 3.8) is 0 Å². The van der Waals surface area contributed by atoms with Crippen molar-refractivity contribution in [2.24, 2.45) is 0 Å². The molecule has 2 aliphatic rings. The van der Waals surface area contributed by atoms with E-state index in [2.05, 4.69) is 4.90 Å². The predicted molar refractivity (Wildman–Crippen MR) is 122 cm³/mol. The van der Waals surface area contributed by atoms with E-state index >= 15 is 0 Å². The fraction of sp³-hybridized carbons (Fsp3) is 0.458. The average Bonchev–Trinajstić information content (AvgIpc) is 2.76. The molecule has 0 radical (unpaired) electrons. The zero-order valence-electron chi connectivity index (χ0n) is 17.3. The number of benzene rings is 2. The molecule has 0 aromatic heterocycles. The van der Waals surface area contributed by atoms with Crippen molar-refractivity contribution in [1.29, 1.82) is 0 Å². The Hall–Kier alpha value is -1.75. The molecule has 4 nitrogen and oxygen atoms in total. The van der Waals surface area contributed by atoms with Gasteiger partial charge in [0.1, 0.15) is 11.9 Å². The lowest BCUT2D eigenvalue weighted by Gasteiger charge is -2.41. The maximum atomic E-state index is 12.7. The summed E-state index contributed by atoms with van der Waals surface area (Å²) in [7, 11) is 0. The number of piperidine rings is 2. The molecule has 2 saturated heterocycles. The highest BCUT2D eigenvalue weighted by atomic mass is 35.5. The summed E-state index contributed by atoms with van der Waals surface area (Å²) >= 11 is 12.0. The molecule has 4 rings (SSSR count). The number of carbonyl (C=O) groups is 1. The summed E-state index contributed by atoms with van der Waals surface area (Å²) in [6.45, 7) is 5.76. The van der Waals surface area contributed by atoms with Gasteiger partial charge in [0.25, 0.3) is 5.91 Å². The Morgan fingerprint density at radius 1 is 0.900 bits per heavy atom. The zero-order valence-corrected chi connectivity index (χ0v) is 18.8. The standard InChI is InChI=1S/C24H28Cl2N2O2/c1-17-16-20(26)6-7-23(17)30-22-10-14-27(15-11-22)21-8-12-28(13-9-21)24(29)18-2-4-19(25)5-3-18/h2-7,16,21-22H,8-15H2,1H3. The van der Waals surface area contributed by atoms with Gasteiger partial charge < -0.3 is 9.64 Å². The van der Waals surface area contributed by atoms with E-state index in [1.54, 1.807) is 12.1 Å². The van der Waals surface area contributed by atoms with Gasteiger partial charge in [-0.15, -0.1) is 0 Å². The number of amides is 1. The van der Waals surface area contributed by atoms with E-state index in [0.29, 0.717) is 16.6 Å². The van der Waals surface area contributed by atoms with Crippen molar-refractivity contribution in [2.45, 2.75) is 44.8 Å². The molecular formula is C24H28Cl2N2O2. The fourth-order valence-electron chi connectivity index (χ4n) is 4.49. The summed E-state index contributed by atoms with van der Waals surface area (Å²) in [5.74, 6) is 1.04. The average molecular weight is 447 g/mol. The lowest BCUT2D eigenvalue weighted by molar-refractivity contribution is 0.0424. The molecule has 2 heterocycles. The molecule has 30 heavy (non-hydrogen) atoms. The van der Waals surface area contributed by atoms with Crippen LogP contribution in [0.2, 0.25) is 10.0 Å². The summed E-state index contributed by atoms with van der Waals surface area (Å²) in [6, 6.07) is 13.5. The molecular weight excluding hydrogens is 419 g/mol. The second-order valence-corrected chi connectivity index (χ2v) is 9.17. The molecule has 2 aromatic carbocycles. The number of nitrogens with zero attached hydrogens (tertiary/aromatic N) is 2. The molecule has 2 aliphatic heterocycles. The maximum Gasteiger partial charge on any atom is 0.253 e. The lowest BCUT2D eigenvalue weighted by atomic mass is 9.98. The maximum absolute atomic E-state index is 12.7. The summed E-state index contributed by atoms with van der Waals surface area (Å²) in [4.78, 5) is 17.3. The Bertz CT molecular complexity index is 871. The second-order valence-electron chi connectivity index (χ2n) is 8.29. The van der Waals surface area contributed by atoms with E-state index in [0.717, 1.165) is 68.2 Å². The first-order valence-corrected chi connectivity index (χ1v) is 11.5. The third-order valence-corrected chi connectivity index (χ3v) is 6.75. The van der Waals surface area contributed by atoms with E-state index in [9.17, 15) is 4.79 Å². The van der Waals surface area contributed by atoms with Crippen molar-refractivity contribution in [3.05, 3.63) is 63.6 Å². The number of carbonyl (C=O) groups excluding carboxylic acids is 1. The quantitative estimate of drug-likeness (QED) is 0.625. The van der Waals surface area contributed by atoms with Gasteiger partial charge in [-0.3, -0.25) is 9.69 Å². The zero-order chi connectivity index (χ0) is 21.1. The van der Waals surface area contributed by atoms with Gasteiger partial charge in [-0.2, -0.15) is 0 Å². The van der Waals surface area contributed by atoms with Gasteiger partial charge in [-0.25, -0.2) is 0 Å². The Morgan fingerprint density at radius 3 is 2.17 bits per heavy atom. The van der Waals surface area contributed by atoms with Crippen molar-refractivity contribution in [1.82, 2.24) is 9.80 Å². The van der Waals surface area contributed by atoms with E-state index in [-0.39, 0.29) is 12.0 Å². The first kappa shape index (κ1) is 21.5. The SMILES string of the molecule is Cc1cc(Cl)ccc1OC1CCN(C2CCN(C(=O)c3ccc(Cl)cc3)CC2)CC1. The highest BCUT2D eigenvalue weighted by molar-refractivity contribution is 6.31. The van der Waals surface area contributed by atoms with Crippen molar-refractivity contribution in [2.75, 3.05) is 26.2 Å². The molecule has 6 heteroatoms. The van der Waals surface area contributed by atoms with E-state index < -0.39 is 0 Å². The number of halogens is 2. The normalized spacial score (nSPS) is 19.1. The molecule has 0 N–H and O–H groups in total. The second kappa shape index (κ2) is 9.59. The molecule has 0 bridgehead atoms. The van der Waals surface area contributed by atoms with Gasteiger partial charge in [0.05, 0.1) is 0 Å². The Labute approximate surface area is 188 Å². The number of hydrogen-bond donors (Lipinski definition) is 0. The largest absolute Gasteiger partial charge is 0.490 e. The van der Waals surface area contributed by atoms with Crippen LogP contribution in [0, 0.1) is 6.92 Å². The molecule has 0 unspecified atom stereocenters. The van der Waals surface area contributed by atoms with E-state index in [1.165, 1.54) is 0 Å². The van der Waals surface area contributed by atoms with E-state index in [4.69, 9.17) is 27.9 Å². The number of aryl methyl sites for hydroxylation is 1. The first-order chi connectivity index (χ1) is 14.5. The van der Waals surface area contributed by atoms with Gasteiger partial charge in [0, 0.05) is 47.8 Å². The van der Waals surface area contributed by atoms with Crippen LogP contribution in [0.4, 0.5) is 0 Å². The van der Waals surface area contributed by atoms with Crippen molar-refractivity contribution in [3.8, 4) is 5.75 Å². The molecule has 0 atom stereocenters. The van der Waals surface area contributed by atoms with Crippen molar-refractivity contribution < 1.29 is 9.53 Å². The van der Waals surface area contributed by atoms with E-state index in [1.807, 2.05) is 42.2 Å². The fourth-order valence-corrected chi connectivity index (χ4v) is 4.85. The summed E-state index contributed by atoms with van der Waals surface area (Å²) in [6.07, 6.45) is 4.38. The van der Waals surface area contributed by atoms with Crippen LogP contribution in [0.15, 0.2) is 42.5 Å². The highest BCUT2D eigenvalue weighted by Gasteiger charge is 2.30. The van der Waals surface area contributed by atoms with Crippen LogP contribution in [0.25, 0.3) is 0 Å². The van der Waals surface area contributed by atoms with Crippen LogP contribution in [0.1, 0.15) is 41.6 Å². The smallest absolute Gasteiger partial charge is 0.253 e. The number of ether oxygens (including phenoxy) is 1. The number of hydrogen-bond acceptors (Lipinski definition) is 3. The minimum absolute atomic E-state index is 0.107. The van der Waals surface area contributed by atoms with Crippen LogP contribution in [0.5, 0.6) is 5.75 Å². The molecule has 2 fully saturated rings. The van der Waals surface area contributed by atoms with Gasteiger partial charge in [0.15, 0.2) is 0 Å². The van der Waals surface area contributed by atoms with Crippen LogP contribution in [-0.4, -0.2) is 54.0 Å². The first-order valence-electron chi connectivity index (χ1n) is 10.7. The molecule has 0 saturated carbocycles. The predicted octanol–water partition coefficient (Wildman–Crippen LogP) is 5.45. The Balaban J connectivity index is 1.24. The van der Waals surface area contributed by atoms with Crippen molar-refractivity contribution >= 4 is 29.1 Å². The van der Waals surface area contributed by atoms with Crippen LogP contribution in [0.3, 0.4) is 0 Å². The van der Waals surface area contributed by atoms with Crippen LogP contribution < -0.4 is 4.74 Å². The van der Waals surface area contributed by atoms with Gasteiger partial charge in [-0.1, -0.05) is 23.2 Å². The van der Waals surface area contributed by atoms with Gasteiger partial charge in [-0.05, 0) is 80.6 Å². The molecule has 1 amide bonds. The molecule has 160 valence electrons. The topological polar surface area (TPSA) is 32.8 Å². The minimum atomic E-state index is 0.107. The third kappa shape index (κ3) is 5.11. The number of rotatable bonds is 4. The van der Waals surface area contributed by atoms with Gasteiger partial charge in [0.2, 0.25) is 0 Å². The molecule has 2 aromatic rings. The van der Waals surface area contributed by atoms with Crippen LogP contribution >= 0.6 is 23.2 Å². The monoisotopic (exact) mass is 446 g/mol. The Morgan fingerprint density at radius 2 is 1.53 bits per heavy atom. The van der Waals surface area contributed by atoms with Crippen LogP contribution in [-0.2, 0) is 0 Å². The number of likely N-dealkylation sites (tertiary alicyclic amines) is 2. The summed E-state index contributed by atoms with van der Waals surface area (Å²) in [5.41, 5.74) is 1.80. The Kier molecular flexibility index (Phi) is 6.87.